The monoisotopic (exact) mass is 491 g/mol. The van der Waals surface area contributed by atoms with Crippen LogP contribution >= 0.6 is 11.3 Å². The highest BCUT2D eigenvalue weighted by molar-refractivity contribution is 7.15. The van der Waals surface area contributed by atoms with E-state index in [4.69, 9.17) is 19.6 Å². The van der Waals surface area contributed by atoms with E-state index in [1.807, 2.05) is 23.5 Å². The Hall–Kier alpha value is -2.86. The molecule has 2 aromatic carbocycles. The Labute approximate surface area is 211 Å². The summed E-state index contributed by atoms with van der Waals surface area (Å²) in [5.74, 6) is 1.21. The zero-order valence-corrected chi connectivity index (χ0v) is 21.2. The predicted molar refractivity (Wildman–Crippen MR) is 139 cm³/mol. The first-order chi connectivity index (χ1) is 17.1. The summed E-state index contributed by atoms with van der Waals surface area (Å²) in [6.45, 7) is 3.39. The lowest BCUT2D eigenvalue weighted by molar-refractivity contribution is -0.137. The Balaban J connectivity index is 1.13. The van der Waals surface area contributed by atoms with Crippen molar-refractivity contribution in [3.05, 3.63) is 63.7 Å². The maximum Gasteiger partial charge on any atom is 0.303 e. The molecule has 0 unspecified atom stereocenters. The number of carboxylic acids is 1. The van der Waals surface area contributed by atoms with Gasteiger partial charge in [-0.3, -0.25) is 4.79 Å². The number of thiazole rings is 1. The van der Waals surface area contributed by atoms with Crippen LogP contribution in [0.25, 0.3) is 10.6 Å². The lowest BCUT2D eigenvalue weighted by atomic mass is 9.98. The van der Waals surface area contributed by atoms with E-state index >= 15 is 0 Å². The molecule has 6 heteroatoms. The third-order valence-electron chi connectivity index (χ3n) is 6.97. The topological polar surface area (TPSA) is 68.7 Å². The van der Waals surface area contributed by atoms with E-state index in [-0.39, 0.29) is 12.3 Å². The summed E-state index contributed by atoms with van der Waals surface area (Å²) in [5.41, 5.74) is 6.13. The fourth-order valence-electron chi connectivity index (χ4n) is 5.26. The number of fused-ring (bicyclic) bond motifs is 2. The first-order valence-corrected chi connectivity index (χ1v) is 13.6. The summed E-state index contributed by atoms with van der Waals surface area (Å²) in [6, 6.07) is 12.6. The summed E-state index contributed by atoms with van der Waals surface area (Å²) < 4.78 is 12.1. The van der Waals surface area contributed by atoms with Gasteiger partial charge in [0.15, 0.2) is 0 Å². The van der Waals surface area contributed by atoms with Crippen LogP contribution in [0.1, 0.15) is 72.2 Å². The predicted octanol–water partition coefficient (Wildman–Crippen LogP) is 6.60. The molecule has 0 bridgehead atoms. The second kappa shape index (κ2) is 10.8. The van der Waals surface area contributed by atoms with Crippen LogP contribution < -0.4 is 9.47 Å². The highest BCUT2D eigenvalue weighted by Crippen LogP contribution is 2.38. The minimum Gasteiger partial charge on any atom is -0.493 e. The van der Waals surface area contributed by atoms with Gasteiger partial charge < -0.3 is 14.6 Å². The first-order valence-electron chi connectivity index (χ1n) is 12.8. The normalized spacial score (nSPS) is 16.2. The highest BCUT2D eigenvalue weighted by atomic mass is 32.1. The van der Waals surface area contributed by atoms with Gasteiger partial charge >= 0.3 is 5.97 Å². The van der Waals surface area contributed by atoms with Crippen molar-refractivity contribution in [2.24, 2.45) is 0 Å². The van der Waals surface area contributed by atoms with Crippen molar-refractivity contribution >= 4 is 17.3 Å². The standard InChI is InChI=1S/C29H33NO4S/c1-2-5-21-16-22(29-30-25-6-3-7-27(25)35-29)10-13-26(21)34-15-4-14-33-23-11-12-24-19(17-23)8-9-20(24)18-28(31)32/h10-13,16-17,20H,2-9,14-15,18H2,1H3,(H,31,32)/t20-/m0/s1. The largest absolute Gasteiger partial charge is 0.493 e. The Morgan fingerprint density at radius 3 is 2.83 bits per heavy atom. The van der Waals surface area contributed by atoms with Crippen molar-refractivity contribution in [3.63, 3.8) is 0 Å². The molecular weight excluding hydrogens is 458 g/mol. The zero-order chi connectivity index (χ0) is 24.2. The second-order valence-electron chi connectivity index (χ2n) is 9.56. The molecule has 0 aliphatic heterocycles. The second-order valence-corrected chi connectivity index (χ2v) is 10.6. The molecule has 1 heterocycles. The molecule has 3 aromatic rings. The number of aliphatic carboxylic acids is 1. The van der Waals surface area contributed by atoms with Gasteiger partial charge in [0, 0.05) is 16.9 Å². The average Bonchev–Trinajstić information content (AvgIpc) is 3.55. The summed E-state index contributed by atoms with van der Waals surface area (Å²) in [6.07, 6.45) is 8.43. The Morgan fingerprint density at radius 1 is 1.11 bits per heavy atom. The van der Waals surface area contributed by atoms with Crippen molar-refractivity contribution in [1.29, 1.82) is 0 Å². The van der Waals surface area contributed by atoms with Gasteiger partial charge in [-0.15, -0.1) is 11.3 Å². The van der Waals surface area contributed by atoms with Crippen LogP contribution in [0.2, 0.25) is 0 Å². The molecule has 2 aliphatic rings. The Morgan fingerprint density at radius 2 is 2.00 bits per heavy atom. The molecule has 184 valence electrons. The molecule has 0 saturated heterocycles. The molecule has 5 rings (SSSR count). The molecule has 0 fully saturated rings. The summed E-state index contributed by atoms with van der Waals surface area (Å²) >= 11 is 1.85. The summed E-state index contributed by atoms with van der Waals surface area (Å²) in [5, 5.41) is 10.2. The SMILES string of the molecule is CCCc1cc(-c2nc3c(s2)CCC3)ccc1OCCCOc1ccc2c(c1)CC[C@H]2CC(=O)O. The average molecular weight is 492 g/mol. The van der Waals surface area contributed by atoms with E-state index in [1.165, 1.54) is 40.1 Å². The summed E-state index contributed by atoms with van der Waals surface area (Å²) in [7, 11) is 0. The number of aromatic nitrogens is 1. The number of carboxylic acid groups (broad SMARTS) is 1. The van der Waals surface area contributed by atoms with Crippen LogP contribution in [-0.4, -0.2) is 29.3 Å². The van der Waals surface area contributed by atoms with Crippen molar-refractivity contribution in [2.75, 3.05) is 13.2 Å². The van der Waals surface area contributed by atoms with E-state index in [0.717, 1.165) is 60.6 Å². The van der Waals surface area contributed by atoms with Gasteiger partial charge in [0.25, 0.3) is 0 Å². The van der Waals surface area contributed by atoms with Gasteiger partial charge in [-0.05, 0) is 91.5 Å². The first kappa shape index (κ1) is 23.9. The fraction of sp³-hybridized carbons (Fsp3) is 0.448. The van der Waals surface area contributed by atoms with Crippen molar-refractivity contribution < 1.29 is 19.4 Å². The maximum absolute atomic E-state index is 11.1. The van der Waals surface area contributed by atoms with Crippen LogP contribution in [0.3, 0.4) is 0 Å². The quantitative estimate of drug-likeness (QED) is 0.306. The van der Waals surface area contributed by atoms with Crippen LogP contribution in [0, 0.1) is 0 Å². The van der Waals surface area contributed by atoms with Crippen molar-refractivity contribution in [3.8, 4) is 22.1 Å². The number of ether oxygens (including phenoxy) is 2. The van der Waals surface area contributed by atoms with Gasteiger partial charge in [-0.25, -0.2) is 4.98 Å². The molecule has 5 nitrogen and oxygen atoms in total. The molecule has 2 aliphatic carbocycles. The number of carbonyl (C=O) groups is 1. The van der Waals surface area contributed by atoms with E-state index in [9.17, 15) is 4.79 Å². The minimum absolute atomic E-state index is 0.130. The molecule has 1 aromatic heterocycles. The maximum atomic E-state index is 11.1. The molecule has 0 saturated carbocycles. The van der Waals surface area contributed by atoms with E-state index in [1.54, 1.807) is 0 Å². The lowest BCUT2D eigenvalue weighted by Crippen LogP contribution is -2.07. The molecule has 35 heavy (non-hydrogen) atoms. The van der Waals surface area contributed by atoms with Crippen LogP contribution in [0.4, 0.5) is 0 Å². The third kappa shape index (κ3) is 5.53. The molecule has 0 amide bonds. The zero-order valence-electron chi connectivity index (χ0n) is 20.3. The molecule has 0 spiro atoms. The van der Waals surface area contributed by atoms with Gasteiger partial charge in [-0.1, -0.05) is 19.4 Å². The number of nitrogens with zero attached hydrogens (tertiary/aromatic N) is 1. The van der Waals surface area contributed by atoms with E-state index < -0.39 is 5.97 Å². The Bertz CT molecular complexity index is 1180. The van der Waals surface area contributed by atoms with Crippen molar-refractivity contribution in [2.45, 2.75) is 70.6 Å². The van der Waals surface area contributed by atoms with E-state index in [2.05, 4.69) is 31.2 Å². The van der Waals surface area contributed by atoms with Crippen molar-refractivity contribution in [1.82, 2.24) is 4.98 Å². The number of aryl methyl sites for hydroxylation is 4. The number of hydrogen-bond donors (Lipinski definition) is 1. The van der Waals surface area contributed by atoms with Crippen LogP contribution in [0.5, 0.6) is 11.5 Å². The molecule has 1 atom stereocenters. The van der Waals surface area contributed by atoms with Crippen LogP contribution in [-0.2, 0) is 30.5 Å². The van der Waals surface area contributed by atoms with Gasteiger partial charge in [0.05, 0.1) is 25.3 Å². The fourth-order valence-corrected chi connectivity index (χ4v) is 6.40. The molecule has 0 radical (unpaired) electrons. The minimum atomic E-state index is -0.730. The van der Waals surface area contributed by atoms with E-state index in [0.29, 0.717) is 13.2 Å². The van der Waals surface area contributed by atoms with Gasteiger partial charge in [0.1, 0.15) is 16.5 Å². The van der Waals surface area contributed by atoms with Crippen LogP contribution in [0.15, 0.2) is 36.4 Å². The Kier molecular flexibility index (Phi) is 7.37. The lowest BCUT2D eigenvalue weighted by Gasteiger charge is -2.13. The highest BCUT2D eigenvalue weighted by Gasteiger charge is 2.25. The molecular formula is C29H33NO4S. The smallest absolute Gasteiger partial charge is 0.303 e. The number of rotatable bonds is 11. The van der Waals surface area contributed by atoms with Gasteiger partial charge in [-0.2, -0.15) is 0 Å². The summed E-state index contributed by atoms with van der Waals surface area (Å²) in [4.78, 5) is 17.4. The molecule has 1 N–H and O–H groups in total. The third-order valence-corrected chi connectivity index (χ3v) is 8.18. The van der Waals surface area contributed by atoms with Gasteiger partial charge in [0.2, 0.25) is 0 Å². The number of benzene rings is 2. The number of hydrogen-bond acceptors (Lipinski definition) is 5.